The number of hydrogen-bond donors (Lipinski definition) is 2. The van der Waals surface area contributed by atoms with E-state index in [0.29, 0.717) is 11.3 Å². The molecule has 1 fully saturated rings. The number of benzene rings is 1. The van der Waals surface area contributed by atoms with E-state index in [9.17, 15) is 8.42 Å². The molecule has 0 spiro atoms. The standard InChI is InChI=1S/C14H23N3O2S/c1-2-17-9-7-13(8-10-17)16-20(18,19)11-12-5-3-4-6-14(12)15/h3-6,13,16H,2,7-11,15H2,1H3. The van der Waals surface area contributed by atoms with Gasteiger partial charge in [0.2, 0.25) is 10.0 Å². The zero-order valence-corrected chi connectivity index (χ0v) is 12.7. The molecule has 0 bridgehead atoms. The van der Waals surface area contributed by atoms with E-state index in [0.717, 1.165) is 32.5 Å². The average molecular weight is 297 g/mol. The molecule has 3 N–H and O–H groups in total. The molecule has 0 saturated carbocycles. The summed E-state index contributed by atoms with van der Waals surface area (Å²) in [5.41, 5.74) is 6.98. The monoisotopic (exact) mass is 297 g/mol. The van der Waals surface area contributed by atoms with Gasteiger partial charge in [0.1, 0.15) is 0 Å². The largest absolute Gasteiger partial charge is 0.398 e. The van der Waals surface area contributed by atoms with Crippen LogP contribution in [0.25, 0.3) is 0 Å². The quantitative estimate of drug-likeness (QED) is 0.800. The second-order valence-electron chi connectivity index (χ2n) is 5.28. The summed E-state index contributed by atoms with van der Waals surface area (Å²) >= 11 is 0. The minimum Gasteiger partial charge on any atom is -0.398 e. The van der Waals surface area contributed by atoms with Gasteiger partial charge in [0.15, 0.2) is 0 Å². The first-order chi connectivity index (χ1) is 9.50. The maximum absolute atomic E-state index is 12.2. The van der Waals surface area contributed by atoms with Crippen LogP contribution in [0.4, 0.5) is 5.69 Å². The van der Waals surface area contributed by atoms with E-state index in [1.54, 1.807) is 24.3 Å². The smallest absolute Gasteiger partial charge is 0.216 e. The van der Waals surface area contributed by atoms with Crippen molar-refractivity contribution in [2.45, 2.75) is 31.6 Å². The highest BCUT2D eigenvalue weighted by molar-refractivity contribution is 7.88. The van der Waals surface area contributed by atoms with Crippen molar-refractivity contribution in [3.63, 3.8) is 0 Å². The zero-order chi connectivity index (χ0) is 14.6. The Kier molecular flexibility index (Phi) is 5.01. The molecule has 0 aliphatic carbocycles. The van der Waals surface area contributed by atoms with Crippen molar-refractivity contribution in [3.8, 4) is 0 Å². The van der Waals surface area contributed by atoms with Gasteiger partial charge in [-0.1, -0.05) is 25.1 Å². The fourth-order valence-corrected chi connectivity index (χ4v) is 4.03. The van der Waals surface area contributed by atoms with Crippen LogP contribution in [0.15, 0.2) is 24.3 Å². The Morgan fingerprint density at radius 2 is 1.95 bits per heavy atom. The molecular weight excluding hydrogens is 274 g/mol. The van der Waals surface area contributed by atoms with Crippen molar-refractivity contribution in [3.05, 3.63) is 29.8 Å². The van der Waals surface area contributed by atoms with Gasteiger partial charge in [0, 0.05) is 11.7 Å². The molecule has 5 nitrogen and oxygen atoms in total. The summed E-state index contributed by atoms with van der Waals surface area (Å²) in [5, 5.41) is 0. The van der Waals surface area contributed by atoms with Crippen molar-refractivity contribution in [2.75, 3.05) is 25.4 Å². The number of anilines is 1. The number of rotatable bonds is 5. The van der Waals surface area contributed by atoms with Crippen LogP contribution < -0.4 is 10.5 Å². The topological polar surface area (TPSA) is 75.4 Å². The number of sulfonamides is 1. The first-order valence-electron chi connectivity index (χ1n) is 7.06. The Labute approximate surface area is 121 Å². The number of nitrogen functional groups attached to an aromatic ring is 1. The molecule has 0 atom stereocenters. The Balaban J connectivity index is 1.93. The van der Waals surface area contributed by atoms with Crippen molar-refractivity contribution in [1.29, 1.82) is 0 Å². The summed E-state index contributed by atoms with van der Waals surface area (Å²) in [4.78, 5) is 2.33. The fraction of sp³-hybridized carbons (Fsp3) is 0.571. The van der Waals surface area contributed by atoms with E-state index in [4.69, 9.17) is 5.73 Å². The third kappa shape index (κ3) is 4.19. The molecular formula is C14H23N3O2S. The van der Waals surface area contributed by atoms with Crippen LogP contribution in [0.3, 0.4) is 0 Å². The van der Waals surface area contributed by atoms with E-state index < -0.39 is 10.0 Å². The summed E-state index contributed by atoms with van der Waals surface area (Å²) in [5.74, 6) is -0.0480. The second kappa shape index (κ2) is 6.56. The maximum Gasteiger partial charge on any atom is 0.216 e. The molecule has 20 heavy (non-hydrogen) atoms. The molecule has 0 aromatic heterocycles. The molecule has 1 aromatic carbocycles. The number of hydrogen-bond acceptors (Lipinski definition) is 4. The van der Waals surface area contributed by atoms with Crippen molar-refractivity contribution in [1.82, 2.24) is 9.62 Å². The van der Waals surface area contributed by atoms with Crippen LogP contribution in [-0.2, 0) is 15.8 Å². The average Bonchev–Trinajstić information content (AvgIpc) is 2.41. The highest BCUT2D eigenvalue weighted by atomic mass is 32.2. The van der Waals surface area contributed by atoms with Crippen LogP contribution in [0, 0.1) is 0 Å². The van der Waals surface area contributed by atoms with Gasteiger partial charge in [-0.05, 0) is 44.1 Å². The molecule has 1 aliphatic heterocycles. The van der Waals surface area contributed by atoms with Gasteiger partial charge in [-0.25, -0.2) is 13.1 Å². The molecule has 0 unspecified atom stereocenters. The molecule has 1 aliphatic rings. The molecule has 112 valence electrons. The van der Waals surface area contributed by atoms with E-state index in [1.807, 2.05) is 0 Å². The Morgan fingerprint density at radius 1 is 1.30 bits per heavy atom. The minimum absolute atomic E-state index is 0.0480. The molecule has 0 amide bonds. The van der Waals surface area contributed by atoms with E-state index >= 15 is 0 Å². The summed E-state index contributed by atoms with van der Waals surface area (Å²) in [6, 6.07) is 7.15. The first kappa shape index (κ1) is 15.3. The highest BCUT2D eigenvalue weighted by Crippen LogP contribution is 2.16. The molecule has 2 rings (SSSR count). The van der Waals surface area contributed by atoms with Gasteiger partial charge < -0.3 is 10.6 Å². The second-order valence-corrected chi connectivity index (χ2v) is 7.04. The first-order valence-corrected chi connectivity index (χ1v) is 8.71. The molecule has 1 heterocycles. The van der Waals surface area contributed by atoms with Gasteiger partial charge in [-0.3, -0.25) is 0 Å². The summed E-state index contributed by atoms with van der Waals surface area (Å²) in [7, 11) is -3.33. The van der Waals surface area contributed by atoms with Gasteiger partial charge in [0.05, 0.1) is 5.75 Å². The van der Waals surface area contributed by atoms with E-state index in [2.05, 4.69) is 16.5 Å². The third-order valence-electron chi connectivity index (χ3n) is 3.78. The highest BCUT2D eigenvalue weighted by Gasteiger charge is 2.23. The SMILES string of the molecule is CCN1CCC(NS(=O)(=O)Cc2ccccc2N)CC1. The number of para-hydroxylation sites is 1. The lowest BCUT2D eigenvalue weighted by atomic mass is 10.1. The van der Waals surface area contributed by atoms with Crippen LogP contribution >= 0.6 is 0 Å². The van der Waals surface area contributed by atoms with Crippen LogP contribution in [0.2, 0.25) is 0 Å². The Hall–Kier alpha value is -1.11. The lowest BCUT2D eigenvalue weighted by Gasteiger charge is -2.31. The number of nitrogens with two attached hydrogens (primary N) is 1. The van der Waals surface area contributed by atoms with Crippen molar-refractivity contribution in [2.24, 2.45) is 0 Å². The third-order valence-corrected chi connectivity index (χ3v) is 5.17. The Morgan fingerprint density at radius 3 is 2.55 bits per heavy atom. The van der Waals surface area contributed by atoms with Crippen LogP contribution in [0.1, 0.15) is 25.3 Å². The van der Waals surface area contributed by atoms with Crippen LogP contribution in [0.5, 0.6) is 0 Å². The van der Waals surface area contributed by atoms with Crippen molar-refractivity contribution >= 4 is 15.7 Å². The van der Waals surface area contributed by atoms with Gasteiger partial charge in [-0.2, -0.15) is 0 Å². The summed E-state index contributed by atoms with van der Waals surface area (Å²) < 4.78 is 27.2. The zero-order valence-electron chi connectivity index (χ0n) is 11.9. The van der Waals surface area contributed by atoms with Gasteiger partial charge >= 0.3 is 0 Å². The molecule has 6 heteroatoms. The predicted molar refractivity (Wildman–Crippen MR) is 81.7 cm³/mol. The van der Waals surface area contributed by atoms with Crippen LogP contribution in [-0.4, -0.2) is 39.0 Å². The number of nitrogens with zero attached hydrogens (tertiary/aromatic N) is 1. The lowest BCUT2D eigenvalue weighted by molar-refractivity contribution is 0.217. The fourth-order valence-electron chi connectivity index (χ4n) is 2.53. The lowest BCUT2D eigenvalue weighted by Crippen LogP contribution is -2.44. The normalized spacial score (nSPS) is 18.2. The summed E-state index contributed by atoms with van der Waals surface area (Å²) in [6.07, 6.45) is 1.74. The Bertz CT molecular complexity index is 537. The minimum atomic E-state index is -3.33. The molecule has 1 aromatic rings. The molecule has 0 radical (unpaired) electrons. The molecule has 1 saturated heterocycles. The summed E-state index contributed by atoms with van der Waals surface area (Å²) in [6.45, 7) is 5.07. The van der Waals surface area contributed by atoms with E-state index in [1.165, 1.54) is 0 Å². The predicted octanol–water partition coefficient (Wildman–Crippen LogP) is 1.17. The number of likely N-dealkylation sites (tertiary alicyclic amines) is 1. The number of piperidine rings is 1. The van der Waals surface area contributed by atoms with Gasteiger partial charge in [-0.15, -0.1) is 0 Å². The van der Waals surface area contributed by atoms with Crippen molar-refractivity contribution < 1.29 is 8.42 Å². The maximum atomic E-state index is 12.2. The van der Waals surface area contributed by atoms with Gasteiger partial charge in [0.25, 0.3) is 0 Å². The van der Waals surface area contributed by atoms with E-state index in [-0.39, 0.29) is 11.8 Å². The number of nitrogens with one attached hydrogen (secondary N) is 1.